The van der Waals surface area contributed by atoms with Gasteiger partial charge < -0.3 is 9.15 Å². The summed E-state index contributed by atoms with van der Waals surface area (Å²) in [5.74, 6) is -0.624. The molecule has 7 nitrogen and oxygen atoms in total. The summed E-state index contributed by atoms with van der Waals surface area (Å²) >= 11 is 1.32. The molecule has 1 amide bonds. The average molecular weight is 548 g/mol. The molecular formula is C32H25N3O4S. The number of esters is 1. The number of hydrogen-bond acceptors (Lipinski definition) is 7. The molecule has 1 unspecified atom stereocenters. The second-order valence-corrected chi connectivity index (χ2v) is 10.2. The van der Waals surface area contributed by atoms with E-state index in [0.29, 0.717) is 39.5 Å². The third kappa shape index (κ3) is 4.97. The predicted molar refractivity (Wildman–Crippen MR) is 157 cm³/mol. The van der Waals surface area contributed by atoms with Crippen LogP contribution in [0.5, 0.6) is 0 Å². The number of hydrogen-bond donors (Lipinski definition) is 1. The minimum atomic E-state index is -0.994. The number of para-hydroxylation sites is 2. The highest BCUT2D eigenvalue weighted by Gasteiger charge is 2.25. The molecule has 6 aromatic rings. The normalized spacial score (nSPS) is 11.9. The van der Waals surface area contributed by atoms with Crippen molar-refractivity contribution < 1.29 is 18.7 Å². The Balaban J connectivity index is 1.25. The molecule has 8 heteroatoms. The Morgan fingerprint density at radius 2 is 1.73 bits per heavy atom. The molecule has 0 saturated carbocycles. The Kier molecular flexibility index (Phi) is 6.84. The van der Waals surface area contributed by atoms with Gasteiger partial charge in [0.2, 0.25) is 5.89 Å². The number of benzene rings is 4. The summed E-state index contributed by atoms with van der Waals surface area (Å²) in [6, 6.07) is 26.6. The lowest BCUT2D eigenvalue weighted by molar-refractivity contribution is -0.124. The average Bonchev–Trinajstić information content (AvgIpc) is 3.62. The lowest BCUT2D eigenvalue weighted by Crippen LogP contribution is -2.32. The van der Waals surface area contributed by atoms with Crippen molar-refractivity contribution in [3.05, 3.63) is 101 Å². The van der Waals surface area contributed by atoms with E-state index in [0.717, 1.165) is 27.7 Å². The number of amides is 1. The molecule has 0 radical (unpaired) electrons. The molecule has 2 aromatic heterocycles. The van der Waals surface area contributed by atoms with Gasteiger partial charge in [0.25, 0.3) is 5.91 Å². The Morgan fingerprint density at radius 1 is 0.950 bits per heavy atom. The predicted octanol–water partition coefficient (Wildman–Crippen LogP) is 7.65. The maximum absolute atomic E-state index is 13.5. The Hall–Kier alpha value is -4.82. The number of aromatic nitrogens is 2. The van der Waals surface area contributed by atoms with E-state index in [1.807, 2.05) is 85.1 Å². The maximum atomic E-state index is 13.5. The van der Waals surface area contributed by atoms with Gasteiger partial charge in [-0.1, -0.05) is 73.2 Å². The highest BCUT2D eigenvalue weighted by molar-refractivity contribution is 7.14. The second kappa shape index (κ2) is 10.7. The van der Waals surface area contributed by atoms with E-state index in [-0.39, 0.29) is 0 Å². The Labute approximate surface area is 234 Å². The van der Waals surface area contributed by atoms with Gasteiger partial charge in [-0.25, -0.2) is 14.8 Å². The summed E-state index contributed by atoms with van der Waals surface area (Å²) in [7, 11) is 0. The van der Waals surface area contributed by atoms with Crippen molar-refractivity contribution in [1.82, 2.24) is 9.97 Å². The minimum Gasteiger partial charge on any atom is -0.449 e. The molecule has 1 atom stereocenters. The summed E-state index contributed by atoms with van der Waals surface area (Å²) in [4.78, 5) is 35.8. The number of carbonyl (C=O) groups excluding carboxylic acids is 2. The van der Waals surface area contributed by atoms with E-state index in [4.69, 9.17) is 9.15 Å². The van der Waals surface area contributed by atoms with Gasteiger partial charge in [0.1, 0.15) is 5.52 Å². The summed E-state index contributed by atoms with van der Waals surface area (Å²) in [5.41, 5.74) is 5.28. The van der Waals surface area contributed by atoms with Crippen molar-refractivity contribution in [2.75, 3.05) is 5.32 Å². The lowest BCUT2D eigenvalue weighted by atomic mass is 9.99. The van der Waals surface area contributed by atoms with E-state index >= 15 is 0 Å². The van der Waals surface area contributed by atoms with Crippen molar-refractivity contribution in [3.63, 3.8) is 0 Å². The fourth-order valence-electron chi connectivity index (χ4n) is 4.57. The van der Waals surface area contributed by atoms with Crippen LogP contribution < -0.4 is 5.32 Å². The molecule has 40 heavy (non-hydrogen) atoms. The zero-order chi connectivity index (χ0) is 27.6. The standard InChI is InChI=1S/C32H25N3O4S/c1-3-26(29(36)35-32-34-25(18-40-32)20-16-14-19(2)15-17-20)39-31(37)23-11-7-9-21-8-6-10-22(28(21)23)30-33-24-12-4-5-13-27(24)38-30/h4-18,26H,3H2,1-2H3,(H,34,35,36). The van der Waals surface area contributed by atoms with Crippen molar-refractivity contribution in [3.8, 4) is 22.7 Å². The van der Waals surface area contributed by atoms with Gasteiger partial charge >= 0.3 is 5.97 Å². The molecule has 0 saturated heterocycles. The van der Waals surface area contributed by atoms with E-state index in [1.165, 1.54) is 11.3 Å². The number of anilines is 1. The van der Waals surface area contributed by atoms with Crippen LogP contribution in [0.1, 0.15) is 29.3 Å². The monoisotopic (exact) mass is 547 g/mol. The van der Waals surface area contributed by atoms with Crippen LogP contribution >= 0.6 is 11.3 Å². The molecule has 0 aliphatic carbocycles. The van der Waals surface area contributed by atoms with Gasteiger partial charge in [0, 0.05) is 21.9 Å². The number of oxazole rings is 1. The van der Waals surface area contributed by atoms with E-state index in [1.54, 1.807) is 19.1 Å². The number of carbonyl (C=O) groups is 2. The third-order valence-corrected chi connectivity index (χ3v) is 7.40. The zero-order valence-electron chi connectivity index (χ0n) is 21.9. The van der Waals surface area contributed by atoms with E-state index in [2.05, 4.69) is 15.3 Å². The molecule has 1 N–H and O–H groups in total. The number of nitrogens with zero attached hydrogens (tertiary/aromatic N) is 2. The van der Waals surface area contributed by atoms with Gasteiger partial charge in [0.05, 0.1) is 11.3 Å². The number of ether oxygens (including phenoxy) is 1. The number of aryl methyl sites for hydroxylation is 1. The Morgan fingerprint density at radius 3 is 2.50 bits per heavy atom. The van der Waals surface area contributed by atoms with Crippen LogP contribution in [0, 0.1) is 6.92 Å². The minimum absolute atomic E-state index is 0.302. The van der Waals surface area contributed by atoms with Crippen molar-refractivity contribution in [1.29, 1.82) is 0 Å². The van der Waals surface area contributed by atoms with Crippen LogP contribution in [0.4, 0.5) is 5.13 Å². The number of thiazole rings is 1. The summed E-state index contributed by atoms with van der Waals surface area (Å²) in [6.45, 7) is 3.82. The first kappa shape index (κ1) is 25.5. The topological polar surface area (TPSA) is 94.3 Å². The third-order valence-electron chi connectivity index (χ3n) is 6.64. The van der Waals surface area contributed by atoms with Gasteiger partial charge in [-0.3, -0.25) is 10.1 Å². The quantitative estimate of drug-likeness (QED) is 0.206. The van der Waals surface area contributed by atoms with Gasteiger partial charge in [-0.15, -0.1) is 11.3 Å². The van der Waals surface area contributed by atoms with Gasteiger partial charge in [-0.2, -0.15) is 0 Å². The molecule has 0 aliphatic heterocycles. The van der Waals surface area contributed by atoms with Crippen LogP contribution in [0.25, 0.3) is 44.6 Å². The first-order chi connectivity index (χ1) is 19.5. The van der Waals surface area contributed by atoms with Crippen LogP contribution in [-0.2, 0) is 9.53 Å². The van der Waals surface area contributed by atoms with E-state index < -0.39 is 18.0 Å². The Bertz CT molecular complexity index is 1820. The van der Waals surface area contributed by atoms with Crippen LogP contribution in [0.3, 0.4) is 0 Å². The molecule has 6 rings (SSSR count). The second-order valence-electron chi connectivity index (χ2n) is 9.39. The number of rotatable bonds is 7. The smallest absolute Gasteiger partial charge is 0.339 e. The molecular weight excluding hydrogens is 522 g/mol. The molecule has 0 spiro atoms. The van der Waals surface area contributed by atoms with Crippen LogP contribution in [-0.4, -0.2) is 27.9 Å². The van der Waals surface area contributed by atoms with Crippen molar-refractivity contribution in [2.24, 2.45) is 0 Å². The SMILES string of the molecule is CCC(OC(=O)c1cccc2cccc(-c3nc4ccccc4o3)c12)C(=O)Nc1nc(-c2ccc(C)cc2)cs1. The summed E-state index contributed by atoms with van der Waals surface area (Å²) < 4.78 is 11.8. The molecule has 2 heterocycles. The largest absolute Gasteiger partial charge is 0.449 e. The molecule has 0 fully saturated rings. The zero-order valence-corrected chi connectivity index (χ0v) is 22.7. The number of nitrogens with one attached hydrogen (secondary N) is 1. The highest BCUT2D eigenvalue weighted by Crippen LogP contribution is 2.33. The maximum Gasteiger partial charge on any atom is 0.339 e. The molecule has 4 aromatic carbocycles. The number of fused-ring (bicyclic) bond motifs is 2. The summed E-state index contributed by atoms with van der Waals surface area (Å²) in [5, 5.41) is 6.62. The fraction of sp³-hybridized carbons (Fsp3) is 0.125. The fourth-order valence-corrected chi connectivity index (χ4v) is 5.29. The van der Waals surface area contributed by atoms with Gasteiger partial charge in [0.15, 0.2) is 16.8 Å². The van der Waals surface area contributed by atoms with Crippen LogP contribution in [0.2, 0.25) is 0 Å². The van der Waals surface area contributed by atoms with Crippen LogP contribution in [0.15, 0.2) is 94.7 Å². The molecule has 0 bridgehead atoms. The first-order valence-corrected chi connectivity index (χ1v) is 13.8. The van der Waals surface area contributed by atoms with E-state index in [9.17, 15) is 9.59 Å². The highest BCUT2D eigenvalue weighted by atomic mass is 32.1. The molecule has 0 aliphatic rings. The molecule has 198 valence electrons. The van der Waals surface area contributed by atoms with Gasteiger partial charge in [-0.05, 0) is 43.0 Å². The lowest BCUT2D eigenvalue weighted by Gasteiger charge is -2.16. The van der Waals surface area contributed by atoms with Crippen molar-refractivity contribution in [2.45, 2.75) is 26.4 Å². The summed E-state index contributed by atoms with van der Waals surface area (Å²) in [6.07, 6.45) is -0.692. The first-order valence-electron chi connectivity index (χ1n) is 12.9. The van der Waals surface area contributed by atoms with Crippen molar-refractivity contribution >= 4 is 50.2 Å².